The van der Waals surface area contributed by atoms with Crippen LogP contribution in [0.1, 0.15) is 11.3 Å². The Bertz CT molecular complexity index is 1160. The van der Waals surface area contributed by atoms with Crippen LogP contribution in [-0.4, -0.2) is 16.0 Å². The Morgan fingerprint density at radius 1 is 1.10 bits per heavy atom. The van der Waals surface area contributed by atoms with Crippen molar-refractivity contribution in [1.82, 2.24) is 5.32 Å². The summed E-state index contributed by atoms with van der Waals surface area (Å²) in [5.74, 6) is 1.28. The molecule has 4 rings (SSSR count). The number of carbonyl (C=O) groups is 1. The normalized spacial score (nSPS) is 16.4. The van der Waals surface area contributed by atoms with Crippen LogP contribution in [0.5, 0.6) is 0 Å². The number of nitro benzene ring substituents is 1. The second-order valence-corrected chi connectivity index (χ2v) is 7.31. The number of nitrogens with one attached hydrogen (secondary N) is 1. The van der Waals surface area contributed by atoms with Gasteiger partial charge in [-0.3, -0.25) is 14.9 Å². The van der Waals surface area contributed by atoms with Crippen LogP contribution in [-0.2, 0) is 0 Å². The van der Waals surface area contributed by atoms with Crippen LogP contribution < -0.4 is 5.32 Å². The van der Waals surface area contributed by atoms with Gasteiger partial charge in [0.1, 0.15) is 17.4 Å². The molecule has 1 aliphatic heterocycles. The highest BCUT2D eigenvalue weighted by Gasteiger charge is 2.24. The Hall–Kier alpha value is -3.65. The van der Waals surface area contributed by atoms with Crippen LogP contribution in [0.3, 0.4) is 0 Å². The average molecular weight is 405 g/mol. The van der Waals surface area contributed by atoms with Gasteiger partial charge in [-0.25, -0.2) is 4.99 Å². The number of hydrogen-bond donors (Lipinski definition) is 1. The predicted molar refractivity (Wildman–Crippen MR) is 113 cm³/mol. The lowest BCUT2D eigenvalue weighted by Crippen LogP contribution is -2.18. The summed E-state index contributed by atoms with van der Waals surface area (Å²) in [7, 11) is 0. The van der Waals surface area contributed by atoms with Gasteiger partial charge in [0.15, 0.2) is 0 Å². The van der Waals surface area contributed by atoms with Gasteiger partial charge in [0, 0.05) is 6.07 Å². The lowest BCUT2D eigenvalue weighted by Gasteiger charge is -2.00. The molecule has 29 heavy (non-hydrogen) atoms. The van der Waals surface area contributed by atoms with Gasteiger partial charge in [0.2, 0.25) is 0 Å². The molecule has 7 nitrogen and oxygen atoms in total. The molecule has 0 bridgehead atoms. The minimum absolute atomic E-state index is 0.0326. The molecule has 0 spiro atoms. The van der Waals surface area contributed by atoms with Gasteiger partial charge in [-0.2, -0.15) is 0 Å². The summed E-state index contributed by atoms with van der Waals surface area (Å²) < 4.78 is 5.78. The van der Waals surface area contributed by atoms with E-state index < -0.39 is 4.92 Å². The number of hydrogen-bond acceptors (Lipinski definition) is 6. The smallest absolute Gasteiger partial charge is 0.289 e. The second kappa shape index (κ2) is 7.76. The highest BCUT2D eigenvalue weighted by molar-refractivity contribution is 8.18. The first kappa shape index (κ1) is 18.7. The van der Waals surface area contributed by atoms with E-state index in [1.54, 1.807) is 36.4 Å². The molecular weight excluding hydrogens is 390 g/mol. The molecule has 2 heterocycles. The Balaban J connectivity index is 1.66. The number of benzene rings is 2. The Kier molecular flexibility index (Phi) is 5.01. The van der Waals surface area contributed by atoms with E-state index in [2.05, 4.69) is 10.3 Å². The van der Waals surface area contributed by atoms with E-state index in [1.807, 2.05) is 31.2 Å². The number of carbonyl (C=O) groups excluding carboxylic acids is 1. The maximum Gasteiger partial charge on any atom is 0.289 e. The molecule has 1 N–H and O–H groups in total. The van der Waals surface area contributed by atoms with E-state index in [1.165, 1.54) is 6.07 Å². The third kappa shape index (κ3) is 4.12. The fraction of sp³-hybridized carbons (Fsp3) is 0.0476. The predicted octanol–water partition coefficient (Wildman–Crippen LogP) is 5.69. The van der Waals surface area contributed by atoms with Crippen LogP contribution >= 0.6 is 11.8 Å². The fourth-order valence-electron chi connectivity index (χ4n) is 2.81. The zero-order valence-corrected chi connectivity index (χ0v) is 16.1. The minimum Gasteiger partial charge on any atom is -0.456 e. The number of aliphatic imine (C=N–C) groups is 1. The van der Waals surface area contributed by atoms with Crippen molar-refractivity contribution in [2.45, 2.75) is 6.92 Å². The first-order valence-corrected chi connectivity index (χ1v) is 9.51. The topological polar surface area (TPSA) is 97.7 Å². The van der Waals surface area contributed by atoms with Gasteiger partial charge >= 0.3 is 0 Å². The van der Waals surface area contributed by atoms with Crippen molar-refractivity contribution in [2.24, 2.45) is 4.99 Å². The molecule has 1 aliphatic rings. The van der Waals surface area contributed by atoms with Crippen LogP contribution in [0, 0.1) is 17.0 Å². The zero-order chi connectivity index (χ0) is 20.4. The standard InChI is InChI=1S/C21H15N3O4S/c1-13-6-8-14(9-7-13)22-20-19(29-21(25)23-20)12-15-10-11-18(28-15)16-4-2-3-5-17(16)24(26)27/h2-12H,1H3,(H,22,23,25)/b19-12-. The van der Waals surface area contributed by atoms with Crippen molar-refractivity contribution in [1.29, 1.82) is 0 Å². The number of para-hydroxylation sites is 1. The summed E-state index contributed by atoms with van der Waals surface area (Å²) in [6, 6.07) is 17.4. The van der Waals surface area contributed by atoms with E-state index in [0.29, 0.717) is 27.8 Å². The van der Waals surface area contributed by atoms with E-state index >= 15 is 0 Å². The fourth-order valence-corrected chi connectivity index (χ4v) is 3.52. The molecule has 0 unspecified atom stereocenters. The third-order valence-electron chi connectivity index (χ3n) is 4.20. The maximum absolute atomic E-state index is 11.9. The quantitative estimate of drug-likeness (QED) is 0.444. The number of thioether (sulfide) groups is 1. The number of amides is 1. The van der Waals surface area contributed by atoms with Gasteiger partial charge in [0.05, 0.1) is 21.1 Å². The van der Waals surface area contributed by atoms with Crippen molar-refractivity contribution in [3.63, 3.8) is 0 Å². The number of nitro groups is 1. The van der Waals surface area contributed by atoms with Crippen molar-refractivity contribution >= 4 is 40.3 Å². The molecule has 1 fully saturated rings. The molecule has 144 valence electrons. The van der Waals surface area contributed by atoms with E-state index in [4.69, 9.17) is 4.42 Å². The highest BCUT2D eigenvalue weighted by atomic mass is 32.2. The van der Waals surface area contributed by atoms with Crippen molar-refractivity contribution in [3.8, 4) is 11.3 Å². The number of nitrogens with zero attached hydrogens (tertiary/aromatic N) is 2. The largest absolute Gasteiger partial charge is 0.456 e. The lowest BCUT2D eigenvalue weighted by molar-refractivity contribution is -0.384. The average Bonchev–Trinajstić information content (AvgIpc) is 3.30. The number of rotatable bonds is 4. The molecule has 1 amide bonds. The molecule has 0 radical (unpaired) electrons. The Labute approximate surface area is 170 Å². The summed E-state index contributed by atoms with van der Waals surface area (Å²) in [4.78, 5) is 27.8. The van der Waals surface area contributed by atoms with Crippen molar-refractivity contribution < 1.29 is 14.1 Å². The second-order valence-electron chi connectivity index (χ2n) is 6.30. The van der Waals surface area contributed by atoms with Crippen LogP contribution in [0.4, 0.5) is 16.2 Å². The van der Waals surface area contributed by atoms with Gasteiger partial charge < -0.3 is 9.73 Å². The summed E-state index contributed by atoms with van der Waals surface area (Å²) >= 11 is 1.02. The van der Waals surface area contributed by atoms with Gasteiger partial charge in [0.25, 0.3) is 10.9 Å². The number of amidine groups is 1. The molecule has 0 aliphatic carbocycles. The molecule has 2 aromatic carbocycles. The van der Waals surface area contributed by atoms with Crippen LogP contribution in [0.25, 0.3) is 17.4 Å². The van der Waals surface area contributed by atoms with Crippen molar-refractivity contribution in [2.75, 3.05) is 0 Å². The Morgan fingerprint density at radius 3 is 2.62 bits per heavy atom. The first-order valence-electron chi connectivity index (χ1n) is 8.69. The van der Waals surface area contributed by atoms with E-state index in [-0.39, 0.29) is 10.9 Å². The minimum atomic E-state index is -0.447. The van der Waals surface area contributed by atoms with E-state index in [0.717, 1.165) is 23.0 Å². The maximum atomic E-state index is 11.9. The number of aryl methyl sites for hydroxylation is 1. The van der Waals surface area contributed by atoms with Crippen LogP contribution in [0.15, 0.2) is 75.0 Å². The first-order chi connectivity index (χ1) is 14.0. The SMILES string of the molecule is Cc1ccc(N=C2NC(=O)S/C2=C\c2ccc(-c3ccccc3[N+](=O)[O-])o2)cc1. The highest BCUT2D eigenvalue weighted by Crippen LogP contribution is 2.33. The van der Waals surface area contributed by atoms with Gasteiger partial charge in [-0.15, -0.1) is 0 Å². The molecule has 8 heteroatoms. The van der Waals surface area contributed by atoms with Crippen molar-refractivity contribution in [3.05, 3.63) is 87.0 Å². The molecule has 0 saturated carbocycles. The molecule has 1 saturated heterocycles. The molecule has 3 aromatic rings. The van der Waals surface area contributed by atoms with E-state index in [9.17, 15) is 14.9 Å². The Morgan fingerprint density at radius 2 is 1.86 bits per heavy atom. The summed E-state index contributed by atoms with van der Waals surface area (Å²) in [6.07, 6.45) is 1.69. The number of furan rings is 1. The van der Waals surface area contributed by atoms with Gasteiger partial charge in [-0.1, -0.05) is 29.8 Å². The summed E-state index contributed by atoms with van der Waals surface area (Å²) in [6.45, 7) is 1.99. The zero-order valence-electron chi connectivity index (χ0n) is 15.3. The molecule has 0 atom stereocenters. The van der Waals surface area contributed by atoms with Gasteiger partial charge in [-0.05, 0) is 55.1 Å². The monoisotopic (exact) mass is 405 g/mol. The van der Waals surface area contributed by atoms with Crippen LogP contribution in [0.2, 0.25) is 0 Å². The third-order valence-corrected chi connectivity index (χ3v) is 5.02. The lowest BCUT2D eigenvalue weighted by atomic mass is 10.1. The molecule has 1 aromatic heterocycles. The summed E-state index contributed by atoms with van der Waals surface area (Å²) in [5.41, 5.74) is 2.20. The summed E-state index contributed by atoms with van der Waals surface area (Å²) in [5, 5.41) is 13.7. The molecular formula is C21H15N3O4S.